The predicted molar refractivity (Wildman–Crippen MR) is 143 cm³/mol. The lowest BCUT2D eigenvalue weighted by atomic mass is 9.82. The number of aromatic nitrogens is 2. The zero-order chi connectivity index (χ0) is 28.5. The first-order valence-electron chi connectivity index (χ1n) is 12.8. The van der Waals surface area contributed by atoms with Crippen LogP contribution in [0.15, 0.2) is 42.5 Å². The van der Waals surface area contributed by atoms with E-state index in [1.54, 1.807) is 18.7 Å². The minimum absolute atomic E-state index is 0.128. The van der Waals surface area contributed by atoms with Gasteiger partial charge in [0.25, 0.3) is 0 Å². The number of halogens is 4. The quantitative estimate of drug-likeness (QED) is 0.272. The zero-order valence-corrected chi connectivity index (χ0v) is 22.7. The number of nitrogens with one attached hydrogen (secondary N) is 1. The van der Waals surface area contributed by atoms with E-state index in [-0.39, 0.29) is 17.5 Å². The van der Waals surface area contributed by atoms with Crippen LogP contribution < -0.4 is 10.2 Å². The van der Waals surface area contributed by atoms with Gasteiger partial charge in [-0.3, -0.25) is 4.79 Å². The molecule has 0 radical (unpaired) electrons. The number of para-hydroxylation sites is 1. The van der Waals surface area contributed by atoms with Crippen molar-refractivity contribution in [2.24, 2.45) is 0 Å². The minimum atomic E-state index is -4.81. The van der Waals surface area contributed by atoms with Gasteiger partial charge in [0.15, 0.2) is 0 Å². The van der Waals surface area contributed by atoms with Gasteiger partial charge >= 0.3 is 6.18 Å². The van der Waals surface area contributed by atoms with E-state index in [4.69, 9.17) is 4.98 Å². The molecule has 39 heavy (non-hydrogen) atoms. The highest BCUT2D eigenvalue weighted by Crippen LogP contribution is 2.39. The van der Waals surface area contributed by atoms with Crippen molar-refractivity contribution in [2.45, 2.75) is 58.3 Å². The van der Waals surface area contributed by atoms with Crippen molar-refractivity contribution in [1.29, 1.82) is 0 Å². The number of likely N-dealkylation sites (tertiary alicyclic amines) is 1. The number of alkyl halides is 3. The van der Waals surface area contributed by atoms with Gasteiger partial charge in [-0.2, -0.15) is 13.2 Å². The van der Waals surface area contributed by atoms with Gasteiger partial charge < -0.3 is 15.1 Å². The van der Waals surface area contributed by atoms with E-state index in [1.165, 1.54) is 12.1 Å². The monoisotopic (exact) mass is 543 g/mol. The van der Waals surface area contributed by atoms with Crippen molar-refractivity contribution in [1.82, 2.24) is 14.9 Å². The molecule has 1 aromatic heterocycles. The second kappa shape index (κ2) is 10.9. The number of nitrogens with zero attached hydrogens (tertiary/aromatic N) is 4. The summed E-state index contributed by atoms with van der Waals surface area (Å²) in [6.07, 6.45) is -3.24. The summed E-state index contributed by atoms with van der Waals surface area (Å²) in [5.74, 6) is -0.494. The maximum Gasteiger partial charge on any atom is 0.419 e. The number of hydrogen-bond donors (Lipinski definition) is 1. The molecule has 0 aliphatic carbocycles. The molecule has 10 heteroatoms. The van der Waals surface area contributed by atoms with Crippen LogP contribution in [0.3, 0.4) is 0 Å². The summed E-state index contributed by atoms with van der Waals surface area (Å²) in [5.41, 5.74) is 1.23. The van der Waals surface area contributed by atoms with Gasteiger partial charge in [-0.1, -0.05) is 37.3 Å². The summed E-state index contributed by atoms with van der Waals surface area (Å²) < 4.78 is 55.2. The van der Waals surface area contributed by atoms with E-state index in [2.05, 4.69) is 22.1 Å². The van der Waals surface area contributed by atoms with Gasteiger partial charge in [0.05, 0.1) is 23.8 Å². The van der Waals surface area contributed by atoms with Crippen molar-refractivity contribution < 1.29 is 22.4 Å². The highest BCUT2D eigenvalue weighted by Gasteiger charge is 2.39. The van der Waals surface area contributed by atoms with Gasteiger partial charge in [0, 0.05) is 28.8 Å². The lowest BCUT2D eigenvalue weighted by Crippen LogP contribution is -2.32. The molecule has 1 fully saturated rings. The number of amides is 1. The molecule has 6 nitrogen and oxygen atoms in total. The summed E-state index contributed by atoms with van der Waals surface area (Å²) in [6.45, 7) is 9.08. The van der Waals surface area contributed by atoms with Crippen molar-refractivity contribution in [2.75, 3.05) is 30.4 Å². The topological polar surface area (TPSA) is 61.4 Å². The third-order valence-electron chi connectivity index (χ3n) is 7.39. The molecule has 1 saturated heterocycles. The molecule has 0 saturated carbocycles. The van der Waals surface area contributed by atoms with Crippen LogP contribution in [0.2, 0.25) is 0 Å². The van der Waals surface area contributed by atoms with Crippen LogP contribution in [0.5, 0.6) is 0 Å². The van der Waals surface area contributed by atoms with E-state index in [1.807, 2.05) is 38.2 Å². The number of anilines is 2. The Hall–Kier alpha value is -3.53. The molecule has 2 atom stereocenters. The fraction of sp³-hybridized carbons (Fsp3) is 0.414. The van der Waals surface area contributed by atoms with Gasteiger partial charge in [-0.05, 0) is 58.5 Å². The molecule has 0 spiro atoms. The van der Waals surface area contributed by atoms with Crippen LogP contribution in [0.4, 0.5) is 29.1 Å². The Labute approximate surface area is 226 Å². The molecule has 1 aliphatic rings. The number of rotatable bonds is 8. The Morgan fingerprint density at radius 1 is 1.15 bits per heavy atom. The van der Waals surface area contributed by atoms with E-state index in [0.717, 1.165) is 48.9 Å². The molecular weight excluding hydrogens is 510 g/mol. The Kier molecular flexibility index (Phi) is 7.97. The zero-order valence-electron chi connectivity index (χ0n) is 22.7. The number of aryl methyl sites for hydroxylation is 2. The fourth-order valence-corrected chi connectivity index (χ4v) is 5.37. The second-order valence-electron chi connectivity index (χ2n) is 10.6. The summed E-state index contributed by atoms with van der Waals surface area (Å²) >= 11 is 0. The number of likely N-dealkylation sites (N-methyl/N-ethyl adjacent to an activating group) is 1. The highest BCUT2D eigenvalue weighted by molar-refractivity contribution is 5.77. The van der Waals surface area contributed by atoms with Gasteiger partial charge in [0.2, 0.25) is 6.41 Å². The number of benzene rings is 2. The molecule has 3 aromatic rings. The first-order chi connectivity index (χ1) is 18.3. The lowest BCUT2D eigenvalue weighted by molar-refractivity contribution is -0.140. The van der Waals surface area contributed by atoms with Gasteiger partial charge in [-0.15, -0.1) is 0 Å². The average Bonchev–Trinajstić information content (AvgIpc) is 3.22. The Morgan fingerprint density at radius 3 is 2.49 bits per heavy atom. The third kappa shape index (κ3) is 5.90. The van der Waals surface area contributed by atoms with Crippen LogP contribution in [0, 0.1) is 19.7 Å². The minimum Gasteiger partial charge on any atom is -0.363 e. The maximum atomic E-state index is 15.0. The molecule has 4 rings (SSSR count). The van der Waals surface area contributed by atoms with Crippen molar-refractivity contribution in [3.8, 4) is 0 Å². The smallest absolute Gasteiger partial charge is 0.363 e. The van der Waals surface area contributed by atoms with E-state index in [0.29, 0.717) is 17.2 Å². The molecule has 1 N–H and O–H groups in total. The standard InChI is InChI=1S/C29H33F4N5O/c1-18-9-6-7-12-24(18)38(17-39)15-22-26(28(4)13-14-37(5)16-28)35-20(3)36-27(22)34-19(2)21-10-8-11-23(25(21)30)29(31,32)33/h6-12,17,19H,13-16H2,1-5H3,(H,34,35,36)/t19-,28?/m1/s1. The van der Waals surface area contributed by atoms with Crippen LogP contribution >= 0.6 is 0 Å². The van der Waals surface area contributed by atoms with Crippen LogP contribution in [0.25, 0.3) is 0 Å². The predicted octanol–water partition coefficient (Wildman–Crippen LogP) is 6.18. The van der Waals surface area contributed by atoms with Crippen molar-refractivity contribution >= 4 is 17.9 Å². The normalized spacial score (nSPS) is 18.7. The second-order valence-corrected chi connectivity index (χ2v) is 10.6. The fourth-order valence-electron chi connectivity index (χ4n) is 5.37. The molecule has 1 unspecified atom stereocenters. The number of carbonyl (C=O) groups is 1. The molecular formula is C29H33F4N5O. The molecule has 208 valence electrons. The molecule has 1 aliphatic heterocycles. The Bertz CT molecular complexity index is 1360. The number of hydrogen-bond acceptors (Lipinski definition) is 5. The molecule has 2 heterocycles. The van der Waals surface area contributed by atoms with E-state index >= 15 is 4.39 Å². The Morgan fingerprint density at radius 2 is 1.87 bits per heavy atom. The largest absolute Gasteiger partial charge is 0.419 e. The molecule has 1 amide bonds. The lowest BCUT2D eigenvalue weighted by Gasteiger charge is -2.30. The highest BCUT2D eigenvalue weighted by atomic mass is 19.4. The summed E-state index contributed by atoms with van der Waals surface area (Å²) in [4.78, 5) is 25.5. The molecule has 0 bridgehead atoms. The molecule has 2 aromatic carbocycles. The van der Waals surface area contributed by atoms with Crippen LogP contribution in [-0.2, 0) is 22.9 Å². The van der Waals surface area contributed by atoms with Crippen LogP contribution in [0.1, 0.15) is 60.1 Å². The summed E-state index contributed by atoms with van der Waals surface area (Å²) in [7, 11) is 2.03. The van der Waals surface area contributed by atoms with Gasteiger partial charge in [-0.25, -0.2) is 14.4 Å². The summed E-state index contributed by atoms with van der Waals surface area (Å²) in [6, 6.07) is 9.88. The van der Waals surface area contributed by atoms with Gasteiger partial charge in [0.1, 0.15) is 17.5 Å². The summed E-state index contributed by atoms with van der Waals surface area (Å²) in [5, 5.41) is 3.16. The number of carbonyl (C=O) groups excluding carboxylic acids is 1. The third-order valence-corrected chi connectivity index (χ3v) is 7.39. The van der Waals surface area contributed by atoms with Crippen molar-refractivity contribution in [3.05, 3.63) is 82.1 Å². The SMILES string of the molecule is Cc1nc(N[C@H](C)c2cccc(C(F)(F)F)c2F)c(CN(C=O)c2ccccc2C)c(C2(C)CCN(C)C2)n1. The Balaban J connectivity index is 1.82. The first-order valence-corrected chi connectivity index (χ1v) is 12.8. The maximum absolute atomic E-state index is 15.0. The first kappa shape index (κ1) is 28.5. The average molecular weight is 544 g/mol. The van der Waals surface area contributed by atoms with E-state index < -0.39 is 23.6 Å². The van der Waals surface area contributed by atoms with Crippen LogP contribution in [-0.4, -0.2) is 41.4 Å². The van der Waals surface area contributed by atoms with Crippen molar-refractivity contribution in [3.63, 3.8) is 0 Å². The van der Waals surface area contributed by atoms with E-state index in [9.17, 15) is 18.0 Å².